The summed E-state index contributed by atoms with van der Waals surface area (Å²) in [5.41, 5.74) is 0.319. The van der Waals surface area contributed by atoms with Gasteiger partial charge >= 0.3 is 0 Å². The molecule has 0 aromatic carbocycles. The van der Waals surface area contributed by atoms with Crippen molar-refractivity contribution in [3.63, 3.8) is 0 Å². The molecule has 3 rings (SSSR count). The first-order chi connectivity index (χ1) is 8.69. The Morgan fingerprint density at radius 1 is 1.56 bits per heavy atom. The number of aromatic amines is 1. The number of nitrogens with one attached hydrogen (secondary N) is 1. The zero-order valence-corrected chi connectivity index (χ0v) is 10.7. The van der Waals surface area contributed by atoms with E-state index in [0.29, 0.717) is 17.3 Å². The van der Waals surface area contributed by atoms with Crippen LogP contribution >= 0.6 is 0 Å². The molecule has 1 N–H and O–H groups in total. The number of carbonyl (C=O) groups is 1. The van der Waals surface area contributed by atoms with Gasteiger partial charge in [-0.1, -0.05) is 0 Å². The predicted octanol–water partition coefficient (Wildman–Crippen LogP) is 1.44. The van der Waals surface area contributed by atoms with Crippen LogP contribution in [0.3, 0.4) is 0 Å². The van der Waals surface area contributed by atoms with Gasteiger partial charge in [0.25, 0.3) is 5.91 Å². The van der Waals surface area contributed by atoms with E-state index >= 15 is 0 Å². The second-order valence-electron chi connectivity index (χ2n) is 5.56. The van der Waals surface area contributed by atoms with Gasteiger partial charge in [0.1, 0.15) is 0 Å². The van der Waals surface area contributed by atoms with Gasteiger partial charge in [-0.3, -0.25) is 4.79 Å². The normalized spacial score (nSPS) is 26.7. The Labute approximate surface area is 107 Å². The molecule has 1 spiro atoms. The first kappa shape index (κ1) is 11.7. The van der Waals surface area contributed by atoms with Crippen LogP contribution in [0, 0.1) is 5.41 Å². The zero-order valence-electron chi connectivity index (χ0n) is 10.7. The number of carbonyl (C=O) groups excluding carboxylic acids is 1. The van der Waals surface area contributed by atoms with Crippen LogP contribution in [-0.4, -0.2) is 46.6 Å². The van der Waals surface area contributed by atoms with Crippen molar-refractivity contribution in [2.75, 3.05) is 19.7 Å². The van der Waals surface area contributed by atoms with Crippen LogP contribution in [0.4, 0.5) is 0 Å². The monoisotopic (exact) mass is 249 g/mol. The average molecular weight is 249 g/mol. The van der Waals surface area contributed by atoms with E-state index in [1.165, 1.54) is 0 Å². The zero-order chi connectivity index (χ0) is 12.6. The maximum atomic E-state index is 12.1. The summed E-state index contributed by atoms with van der Waals surface area (Å²) in [7, 11) is 0. The van der Waals surface area contributed by atoms with Crippen LogP contribution in [0.15, 0.2) is 12.4 Å². The molecular formula is C13H19N3O2. The summed E-state index contributed by atoms with van der Waals surface area (Å²) < 4.78 is 5.69. The molecule has 2 aliphatic rings. The van der Waals surface area contributed by atoms with E-state index in [0.717, 1.165) is 39.0 Å². The number of amides is 1. The first-order valence-corrected chi connectivity index (χ1v) is 6.59. The minimum atomic E-state index is 0.0156. The van der Waals surface area contributed by atoms with Crippen LogP contribution in [-0.2, 0) is 4.74 Å². The number of hydrogen-bond donors (Lipinski definition) is 1. The molecule has 2 saturated heterocycles. The Bertz CT molecular complexity index is 421. The lowest BCUT2D eigenvalue weighted by molar-refractivity contribution is 0.0498. The fraction of sp³-hybridized carbons (Fsp3) is 0.692. The Balaban J connectivity index is 1.62. The minimum Gasteiger partial charge on any atom is -0.378 e. The molecular weight excluding hydrogens is 230 g/mol. The first-order valence-electron chi connectivity index (χ1n) is 6.59. The number of imidazole rings is 1. The molecule has 98 valence electrons. The second-order valence-corrected chi connectivity index (χ2v) is 5.56. The number of hydrogen-bond acceptors (Lipinski definition) is 3. The lowest BCUT2D eigenvalue weighted by Crippen LogP contribution is -2.43. The summed E-state index contributed by atoms with van der Waals surface area (Å²) >= 11 is 0. The molecule has 5 heteroatoms. The van der Waals surface area contributed by atoms with E-state index in [1.54, 1.807) is 12.4 Å². The van der Waals surface area contributed by atoms with Crippen molar-refractivity contribution in [2.24, 2.45) is 5.41 Å². The fourth-order valence-electron chi connectivity index (χ4n) is 3.11. The molecule has 1 aromatic heterocycles. The second kappa shape index (κ2) is 4.39. The number of piperidine rings is 1. The number of nitrogens with zero attached hydrogens (tertiary/aromatic N) is 2. The van der Waals surface area contributed by atoms with Crippen LogP contribution in [0.2, 0.25) is 0 Å². The van der Waals surface area contributed by atoms with E-state index in [1.807, 2.05) is 4.90 Å². The van der Waals surface area contributed by atoms with Crippen molar-refractivity contribution in [1.82, 2.24) is 14.9 Å². The lowest BCUT2D eigenvalue weighted by Gasteiger charge is -2.38. The molecule has 1 amide bonds. The van der Waals surface area contributed by atoms with Gasteiger partial charge in [0.05, 0.1) is 12.7 Å². The highest BCUT2D eigenvalue weighted by atomic mass is 16.5. The Kier molecular flexibility index (Phi) is 2.86. The molecule has 18 heavy (non-hydrogen) atoms. The molecule has 2 aliphatic heterocycles. The van der Waals surface area contributed by atoms with E-state index in [2.05, 4.69) is 16.9 Å². The van der Waals surface area contributed by atoms with Gasteiger partial charge in [-0.2, -0.15) is 0 Å². The molecule has 3 heterocycles. The summed E-state index contributed by atoms with van der Waals surface area (Å²) in [6.07, 6.45) is 6.90. The number of likely N-dealkylation sites (tertiary alicyclic amines) is 1. The Morgan fingerprint density at radius 2 is 2.33 bits per heavy atom. The van der Waals surface area contributed by atoms with Gasteiger partial charge in [0.15, 0.2) is 5.82 Å². The van der Waals surface area contributed by atoms with E-state index in [4.69, 9.17) is 4.74 Å². The van der Waals surface area contributed by atoms with Crippen molar-refractivity contribution < 1.29 is 9.53 Å². The number of ether oxygens (including phenoxy) is 1. The molecule has 5 nitrogen and oxygen atoms in total. The van der Waals surface area contributed by atoms with Gasteiger partial charge in [-0.05, 0) is 31.6 Å². The van der Waals surface area contributed by atoms with Crippen molar-refractivity contribution >= 4 is 5.91 Å². The summed E-state index contributed by atoms with van der Waals surface area (Å²) in [6, 6.07) is 0. The van der Waals surface area contributed by atoms with Crippen molar-refractivity contribution in [2.45, 2.75) is 32.3 Å². The predicted molar refractivity (Wildman–Crippen MR) is 66.2 cm³/mol. The third-order valence-electron chi connectivity index (χ3n) is 4.21. The van der Waals surface area contributed by atoms with Crippen LogP contribution in [0.25, 0.3) is 0 Å². The molecule has 1 atom stereocenters. The number of H-pyrrole nitrogens is 1. The summed E-state index contributed by atoms with van der Waals surface area (Å²) in [4.78, 5) is 20.9. The lowest BCUT2D eigenvalue weighted by atomic mass is 9.77. The van der Waals surface area contributed by atoms with Crippen molar-refractivity contribution in [1.29, 1.82) is 0 Å². The number of aromatic nitrogens is 2. The maximum Gasteiger partial charge on any atom is 0.289 e. The topological polar surface area (TPSA) is 58.2 Å². The average Bonchev–Trinajstić information content (AvgIpc) is 3.00. The van der Waals surface area contributed by atoms with Gasteiger partial charge in [-0.15, -0.1) is 0 Å². The van der Waals surface area contributed by atoms with E-state index in [9.17, 15) is 4.79 Å². The standard InChI is InChI=1S/C13H19N3O2/c1-10-8-13(9-18-10)2-6-16(7-3-13)12(17)11-14-4-5-15-11/h4-5,10H,2-3,6-9H2,1H3,(H,14,15). The molecule has 0 bridgehead atoms. The summed E-state index contributed by atoms with van der Waals surface area (Å²) in [6.45, 7) is 4.62. The molecule has 1 aromatic rings. The van der Waals surface area contributed by atoms with Gasteiger partial charge < -0.3 is 14.6 Å². The van der Waals surface area contributed by atoms with Crippen LogP contribution < -0.4 is 0 Å². The highest BCUT2D eigenvalue weighted by Gasteiger charge is 2.41. The molecule has 1 unspecified atom stereocenters. The minimum absolute atomic E-state index is 0.0156. The molecule has 0 saturated carbocycles. The third kappa shape index (κ3) is 2.03. The van der Waals surface area contributed by atoms with E-state index < -0.39 is 0 Å². The van der Waals surface area contributed by atoms with Gasteiger partial charge in [-0.25, -0.2) is 4.98 Å². The van der Waals surface area contributed by atoms with Gasteiger partial charge in [0, 0.05) is 25.5 Å². The van der Waals surface area contributed by atoms with E-state index in [-0.39, 0.29) is 5.91 Å². The Hall–Kier alpha value is -1.36. The quantitative estimate of drug-likeness (QED) is 0.819. The van der Waals surface area contributed by atoms with Crippen molar-refractivity contribution in [3.05, 3.63) is 18.2 Å². The third-order valence-corrected chi connectivity index (χ3v) is 4.21. The number of rotatable bonds is 1. The molecule has 0 radical (unpaired) electrons. The fourth-order valence-corrected chi connectivity index (χ4v) is 3.11. The summed E-state index contributed by atoms with van der Waals surface area (Å²) in [5, 5.41) is 0. The Morgan fingerprint density at radius 3 is 2.89 bits per heavy atom. The molecule has 2 fully saturated rings. The largest absolute Gasteiger partial charge is 0.378 e. The highest BCUT2D eigenvalue weighted by Crippen LogP contribution is 2.41. The van der Waals surface area contributed by atoms with Crippen LogP contribution in [0.1, 0.15) is 36.8 Å². The summed E-state index contributed by atoms with van der Waals surface area (Å²) in [5.74, 6) is 0.462. The highest BCUT2D eigenvalue weighted by molar-refractivity contribution is 5.90. The van der Waals surface area contributed by atoms with Crippen LogP contribution in [0.5, 0.6) is 0 Å². The molecule has 0 aliphatic carbocycles. The maximum absolute atomic E-state index is 12.1. The van der Waals surface area contributed by atoms with Crippen molar-refractivity contribution in [3.8, 4) is 0 Å². The van der Waals surface area contributed by atoms with Gasteiger partial charge in [0.2, 0.25) is 0 Å². The SMILES string of the molecule is CC1CC2(CCN(C(=O)c3ncc[nH]3)CC2)CO1. The smallest absolute Gasteiger partial charge is 0.289 e.